The van der Waals surface area contributed by atoms with Gasteiger partial charge in [0.25, 0.3) is 5.91 Å². The highest BCUT2D eigenvalue weighted by Gasteiger charge is 2.14. The van der Waals surface area contributed by atoms with Crippen molar-refractivity contribution in [2.75, 3.05) is 25.6 Å². The van der Waals surface area contributed by atoms with Gasteiger partial charge in [0.2, 0.25) is 0 Å². The van der Waals surface area contributed by atoms with Crippen molar-refractivity contribution >= 4 is 23.6 Å². The van der Waals surface area contributed by atoms with E-state index in [-0.39, 0.29) is 37.2 Å². The number of alkyl halides is 1. The SMILES string of the molecule is CC(Oc1ccc(O)cc1)C(=O)NCCNC(=O)OCCCl. The van der Waals surface area contributed by atoms with E-state index in [0.717, 1.165) is 0 Å². The van der Waals surface area contributed by atoms with Gasteiger partial charge in [-0.3, -0.25) is 4.79 Å². The number of ether oxygens (including phenoxy) is 2. The maximum Gasteiger partial charge on any atom is 0.407 e. The maximum absolute atomic E-state index is 11.8. The Hall–Kier alpha value is -2.15. The molecule has 7 nitrogen and oxygen atoms in total. The fraction of sp³-hybridized carbons (Fsp3) is 0.429. The minimum atomic E-state index is -0.701. The Balaban J connectivity index is 2.21. The lowest BCUT2D eigenvalue weighted by atomic mass is 10.3. The fourth-order valence-electron chi connectivity index (χ4n) is 1.46. The Kier molecular flexibility index (Phi) is 7.91. The Morgan fingerprint density at radius 3 is 2.50 bits per heavy atom. The molecule has 3 N–H and O–H groups in total. The third kappa shape index (κ3) is 7.03. The summed E-state index contributed by atoms with van der Waals surface area (Å²) in [4.78, 5) is 22.9. The molecule has 1 aromatic carbocycles. The Morgan fingerprint density at radius 1 is 1.23 bits per heavy atom. The first-order valence-corrected chi connectivity index (χ1v) is 7.26. The van der Waals surface area contributed by atoms with Crippen molar-refractivity contribution in [3.05, 3.63) is 24.3 Å². The third-order valence-electron chi connectivity index (χ3n) is 2.52. The molecule has 8 heteroatoms. The fourth-order valence-corrected chi connectivity index (χ4v) is 1.54. The molecule has 1 unspecified atom stereocenters. The lowest BCUT2D eigenvalue weighted by Gasteiger charge is -2.15. The quantitative estimate of drug-likeness (QED) is 0.492. The summed E-state index contributed by atoms with van der Waals surface area (Å²) in [6, 6.07) is 6.06. The van der Waals surface area contributed by atoms with Gasteiger partial charge in [-0.05, 0) is 31.2 Å². The number of alkyl carbamates (subject to hydrolysis) is 1. The van der Waals surface area contributed by atoms with Gasteiger partial charge in [0, 0.05) is 13.1 Å². The number of aromatic hydroxyl groups is 1. The molecule has 1 aromatic rings. The molecule has 0 fully saturated rings. The van der Waals surface area contributed by atoms with E-state index in [2.05, 4.69) is 10.6 Å². The number of nitrogens with one attached hydrogen (secondary N) is 2. The number of phenols is 1. The van der Waals surface area contributed by atoms with Crippen LogP contribution in [0.4, 0.5) is 4.79 Å². The predicted octanol–water partition coefficient (Wildman–Crippen LogP) is 1.24. The molecule has 0 radical (unpaired) electrons. The molecule has 0 heterocycles. The Labute approximate surface area is 133 Å². The van der Waals surface area contributed by atoms with E-state index < -0.39 is 12.2 Å². The molecule has 122 valence electrons. The second-order valence-electron chi connectivity index (χ2n) is 4.30. The largest absolute Gasteiger partial charge is 0.508 e. The molecule has 0 aromatic heterocycles. The lowest BCUT2D eigenvalue weighted by Crippen LogP contribution is -2.40. The van der Waals surface area contributed by atoms with Crippen LogP contribution >= 0.6 is 11.6 Å². The normalized spacial score (nSPS) is 11.4. The zero-order valence-electron chi connectivity index (χ0n) is 12.2. The van der Waals surface area contributed by atoms with E-state index in [1.165, 1.54) is 12.1 Å². The van der Waals surface area contributed by atoms with Crippen LogP contribution in [0.15, 0.2) is 24.3 Å². The first-order chi connectivity index (χ1) is 10.5. The summed E-state index contributed by atoms with van der Waals surface area (Å²) < 4.78 is 10.1. The number of hydrogen-bond donors (Lipinski definition) is 3. The van der Waals surface area contributed by atoms with Gasteiger partial charge in [-0.25, -0.2) is 4.79 Å². The molecule has 0 aliphatic carbocycles. The lowest BCUT2D eigenvalue weighted by molar-refractivity contribution is -0.127. The van der Waals surface area contributed by atoms with Crippen LogP contribution in [0.25, 0.3) is 0 Å². The Bertz CT molecular complexity index is 481. The molecule has 1 rings (SSSR count). The number of carbonyl (C=O) groups excluding carboxylic acids is 2. The van der Waals surface area contributed by atoms with Crippen molar-refractivity contribution in [3.8, 4) is 11.5 Å². The standard InChI is InChI=1S/C14H19ClN2O5/c1-10(22-12-4-2-11(18)3-5-12)13(19)16-7-8-17-14(20)21-9-6-15/h2-5,10,18H,6-9H2,1H3,(H,16,19)(H,17,20). The monoisotopic (exact) mass is 330 g/mol. The van der Waals surface area contributed by atoms with Gasteiger partial charge >= 0.3 is 6.09 Å². The van der Waals surface area contributed by atoms with Crippen LogP contribution < -0.4 is 15.4 Å². The second kappa shape index (κ2) is 9.73. The van der Waals surface area contributed by atoms with Crippen LogP contribution in [0.1, 0.15) is 6.92 Å². The minimum absolute atomic E-state index is 0.122. The molecule has 0 aliphatic rings. The highest BCUT2D eigenvalue weighted by molar-refractivity contribution is 6.18. The van der Waals surface area contributed by atoms with E-state index in [1.54, 1.807) is 19.1 Å². The summed E-state index contributed by atoms with van der Waals surface area (Å²) in [7, 11) is 0. The smallest absolute Gasteiger partial charge is 0.407 e. The van der Waals surface area contributed by atoms with Gasteiger partial charge in [-0.15, -0.1) is 11.6 Å². The van der Waals surface area contributed by atoms with E-state index in [4.69, 9.17) is 26.2 Å². The molecular weight excluding hydrogens is 312 g/mol. The van der Waals surface area contributed by atoms with Gasteiger partial charge in [0.15, 0.2) is 6.10 Å². The van der Waals surface area contributed by atoms with Crippen molar-refractivity contribution < 1.29 is 24.2 Å². The average Bonchev–Trinajstić information content (AvgIpc) is 2.51. The molecule has 2 amide bonds. The van der Waals surface area contributed by atoms with Gasteiger partial charge in [0.1, 0.15) is 18.1 Å². The number of benzene rings is 1. The van der Waals surface area contributed by atoms with Crippen molar-refractivity contribution in [3.63, 3.8) is 0 Å². The van der Waals surface area contributed by atoms with E-state index >= 15 is 0 Å². The van der Waals surface area contributed by atoms with E-state index in [0.29, 0.717) is 5.75 Å². The summed E-state index contributed by atoms with van der Waals surface area (Å²) in [6.07, 6.45) is -1.28. The van der Waals surface area contributed by atoms with Crippen LogP contribution in [0, 0.1) is 0 Å². The maximum atomic E-state index is 11.8. The van der Waals surface area contributed by atoms with Crippen molar-refractivity contribution in [2.45, 2.75) is 13.0 Å². The van der Waals surface area contributed by atoms with Gasteiger partial charge < -0.3 is 25.2 Å². The van der Waals surface area contributed by atoms with Crippen LogP contribution in [0.2, 0.25) is 0 Å². The molecule has 22 heavy (non-hydrogen) atoms. The van der Waals surface area contributed by atoms with Gasteiger partial charge in [-0.2, -0.15) is 0 Å². The predicted molar refractivity (Wildman–Crippen MR) is 81.3 cm³/mol. The number of phenolic OH excluding ortho intramolecular Hbond substituents is 1. The summed E-state index contributed by atoms with van der Waals surface area (Å²) in [5.41, 5.74) is 0. The number of hydrogen-bond acceptors (Lipinski definition) is 5. The molecule has 0 bridgehead atoms. The van der Waals surface area contributed by atoms with Crippen molar-refractivity contribution in [2.24, 2.45) is 0 Å². The number of halogens is 1. The van der Waals surface area contributed by atoms with Crippen LogP contribution in [-0.4, -0.2) is 48.8 Å². The molecule has 0 saturated carbocycles. The van der Waals surface area contributed by atoms with Gasteiger partial charge in [0.05, 0.1) is 5.88 Å². The minimum Gasteiger partial charge on any atom is -0.508 e. The molecule has 0 saturated heterocycles. The topological polar surface area (TPSA) is 96.9 Å². The van der Waals surface area contributed by atoms with Crippen molar-refractivity contribution in [1.29, 1.82) is 0 Å². The summed E-state index contributed by atoms with van der Waals surface area (Å²) in [6.45, 7) is 2.22. The highest BCUT2D eigenvalue weighted by atomic mass is 35.5. The zero-order valence-corrected chi connectivity index (χ0v) is 12.9. The van der Waals surface area contributed by atoms with Gasteiger partial charge in [-0.1, -0.05) is 0 Å². The molecule has 0 spiro atoms. The van der Waals surface area contributed by atoms with Crippen LogP contribution in [-0.2, 0) is 9.53 Å². The first kappa shape index (κ1) is 17.9. The van der Waals surface area contributed by atoms with Crippen LogP contribution in [0.3, 0.4) is 0 Å². The average molecular weight is 331 g/mol. The van der Waals surface area contributed by atoms with Crippen LogP contribution in [0.5, 0.6) is 11.5 Å². The number of carbonyl (C=O) groups is 2. The summed E-state index contributed by atoms with van der Waals surface area (Å²) in [5, 5.41) is 14.2. The summed E-state index contributed by atoms with van der Waals surface area (Å²) in [5.74, 6) is 0.514. The Morgan fingerprint density at radius 2 is 1.86 bits per heavy atom. The number of rotatable bonds is 8. The summed E-state index contributed by atoms with van der Waals surface area (Å²) >= 11 is 5.37. The van der Waals surface area contributed by atoms with E-state index in [1.807, 2.05) is 0 Å². The molecule has 1 atom stereocenters. The van der Waals surface area contributed by atoms with Crippen molar-refractivity contribution in [1.82, 2.24) is 10.6 Å². The highest BCUT2D eigenvalue weighted by Crippen LogP contribution is 2.17. The second-order valence-corrected chi connectivity index (χ2v) is 4.67. The third-order valence-corrected chi connectivity index (χ3v) is 2.68. The molecule has 0 aliphatic heterocycles. The molecular formula is C14H19ClN2O5. The first-order valence-electron chi connectivity index (χ1n) is 6.73. The number of amides is 2. The zero-order chi connectivity index (χ0) is 16.4. The van der Waals surface area contributed by atoms with E-state index in [9.17, 15) is 9.59 Å².